The summed E-state index contributed by atoms with van der Waals surface area (Å²) in [6.07, 6.45) is 2.85. The predicted octanol–water partition coefficient (Wildman–Crippen LogP) is 3.50. The maximum atomic E-state index is 12.0. The lowest BCUT2D eigenvalue weighted by molar-refractivity contribution is -0.152. The second-order valence-electron chi connectivity index (χ2n) is 7.64. The number of hydrogen-bond acceptors (Lipinski definition) is 5. The minimum atomic E-state index is -1.28. The zero-order valence-electron chi connectivity index (χ0n) is 17.2. The van der Waals surface area contributed by atoms with Crippen molar-refractivity contribution in [3.63, 3.8) is 0 Å². The Bertz CT molecular complexity index is 1020. The number of carbonyl (C=O) groups is 1. The second-order valence-corrected chi connectivity index (χ2v) is 7.64. The molecule has 1 N–H and O–H groups in total. The summed E-state index contributed by atoms with van der Waals surface area (Å²) >= 11 is 0. The maximum absolute atomic E-state index is 12.0. The van der Waals surface area contributed by atoms with Gasteiger partial charge in [-0.3, -0.25) is 0 Å². The van der Waals surface area contributed by atoms with Crippen molar-refractivity contribution in [1.82, 2.24) is 9.78 Å². The van der Waals surface area contributed by atoms with Crippen molar-refractivity contribution in [3.8, 4) is 5.75 Å². The summed E-state index contributed by atoms with van der Waals surface area (Å²) in [5.74, 6) is -0.495. The average molecular weight is 410 g/mol. The molecular formula is C23H26N2O5. The number of benzene rings is 2. The largest absolute Gasteiger partial charge is 0.478 e. The van der Waals surface area contributed by atoms with Crippen LogP contribution in [0.5, 0.6) is 5.75 Å². The van der Waals surface area contributed by atoms with Crippen LogP contribution in [0, 0.1) is 0 Å². The highest BCUT2D eigenvalue weighted by molar-refractivity contribution is 5.76. The number of carboxylic acid groups (broad SMARTS) is 1. The highest BCUT2D eigenvalue weighted by Crippen LogP contribution is 2.20. The van der Waals surface area contributed by atoms with Gasteiger partial charge in [-0.05, 0) is 56.4 Å². The summed E-state index contributed by atoms with van der Waals surface area (Å²) in [5, 5.41) is 13.4. The molecule has 0 bridgehead atoms. The van der Waals surface area contributed by atoms with Crippen LogP contribution in [0.2, 0.25) is 0 Å². The fourth-order valence-electron chi connectivity index (χ4n) is 2.98. The van der Waals surface area contributed by atoms with Crippen LogP contribution >= 0.6 is 0 Å². The van der Waals surface area contributed by atoms with Gasteiger partial charge >= 0.3 is 11.7 Å². The highest BCUT2D eigenvalue weighted by Gasteiger charge is 2.29. The van der Waals surface area contributed by atoms with Crippen LogP contribution < -0.4 is 10.5 Å². The Morgan fingerprint density at radius 2 is 1.70 bits per heavy atom. The summed E-state index contributed by atoms with van der Waals surface area (Å²) in [6, 6.07) is 17.3. The molecule has 0 spiro atoms. The first kappa shape index (κ1) is 21.4. The SMILES string of the molecule is CC(C)(Oc1ccc(CCCc2nn(CCc3ccccc3)c(=O)o2)cc1)C(=O)O. The molecule has 0 radical (unpaired) electrons. The van der Waals surface area contributed by atoms with Crippen molar-refractivity contribution in [2.45, 2.75) is 51.7 Å². The van der Waals surface area contributed by atoms with Gasteiger partial charge in [0.05, 0.1) is 6.54 Å². The third kappa shape index (κ3) is 5.83. The van der Waals surface area contributed by atoms with E-state index in [2.05, 4.69) is 5.10 Å². The first-order chi connectivity index (χ1) is 14.3. The Kier molecular flexibility index (Phi) is 6.72. The van der Waals surface area contributed by atoms with Crippen molar-refractivity contribution in [2.24, 2.45) is 0 Å². The molecule has 0 aliphatic carbocycles. The Morgan fingerprint density at radius 1 is 1.03 bits per heavy atom. The summed E-state index contributed by atoms with van der Waals surface area (Å²) in [4.78, 5) is 23.1. The van der Waals surface area contributed by atoms with Gasteiger partial charge in [0.15, 0.2) is 5.60 Å². The van der Waals surface area contributed by atoms with E-state index in [1.165, 1.54) is 18.5 Å². The molecule has 0 atom stereocenters. The predicted molar refractivity (Wildman–Crippen MR) is 112 cm³/mol. The smallest absolute Gasteiger partial charge is 0.437 e. The molecule has 0 saturated heterocycles. The molecule has 158 valence electrons. The standard InChI is InChI=1S/C23H26N2O5/c1-23(2,21(26)27)30-19-13-11-18(12-14-19)9-6-10-20-24-25(22(28)29-20)16-15-17-7-4-3-5-8-17/h3-5,7-8,11-14H,6,9-10,15-16H2,1-2H3,(H,26,27). The molecule has 3 rings (SSSR count). The summed E-state index contributed by atoms with van der Waals surface area (Å²) in [5.41, 5.74) is 0.952. The van der Waals surface area contributed by atoms with Crippen LogP contribution in [0.4, 0.5) is 0 Å². The zero-order valence-corrected chi connectivity index (χ0v) is 17.2. The van der Waals surface area contributed by atoms with E-state index in [4.69, 9.17) is 14.3 Å². The van der Waals surface area contributed by atoms with E-state index < -0.39 is 17.3 Å². The number of carboxylic acids is 1. The van der Waals surface area contributed by atoms with Crippen LogP contribution in [0.3, 0.4) is 0 Å². The minimum absolute atomic E-state index is 0.427. The summed E-state index contributed by atoms with van der Waals surface area (Å²) < 4.78 is 12.1. The first-order valence-corrected chi connectivity index (χ1v) is 9.95. The minimum Gasteiger partial charge on any atom is -0.478 e. The first-order valence-electron chi connectivity index (χ1n) is 9.95. The highest BCUT2D eigenvalue weighted by atomic mass is 16.5. The van der Waals surface area contributed by atoms with E-state index in [1.54, 1.807) is 12.1 Å². The fraction of sp³-hybridized carbons (Fsp3) is 0.348. The molecule has 0 fully saturated rings. The van der Waals surface area contributed by atoms with E-state index in [9.17, 15) is 9.59 Å². The van der Waals surface area contributed by atoms with Gasteiger partial charge in [0, 0.05) is 6.42 Å². The molecule has 3 aromatic rings. The fourth-order valence-corrected chi connectivity index (χ4v) is 2.98. The Hall–Kier alpha value is -3.35. The lowest BCUT2D eigenvalue weighted by atomic mass is 10.1. The number of aliphatic carboxylic acids is 1. The van der Waals surface area contributed by atoms with Crippen LogP contribution in [0.1, 0.15) is 37.3 Å². The van der Waals surface area contributed by atoms with Crippen LogP contribution in [-0.2, 0) is 30.6 Å². The number of aromatic nitrogens is 2. The quantitative estimate of drug-likeness (QED) is 0.550. The summed E-state index contributed by atoms with van der Waals surface area (Å²) in [7, 11) is 0. The Balaban J connectivity index is 1.48. The molecule has 0 amide bonds. The van der Waals surface area contributed by atoms with Crippen molar-refractivity contribution >= 4 is 5.97 Å². The number of hydrogen-bond donors (Lipinski definition) is 1. The molecule has 1 aromatic heterocycles. The van der Waals surface area contributed by atoms with Crippen LogP contribution in [0.25, 0.3) is 0 Å². The molecule has 1 heterocycles. The Labute approximate surface area is 174 Å². The molecular weight excluding hydrogens is 384 g/mol. The van der Waals surface area contributed by atoms with Crippen molar-refractivity contribution < 1.29 is 19.1 Å². The average Bonchev–Trinajstić information content (AvgIpc) is 3.07. The van der Waals surface area contributed by atoms with Gasteiger partial charge in [0.25, 0.3) is 0 Å². The lowest BCUT2D eigenvalue weighted by Gasteiger charge is -2.21. The van der Waals surface area contributed by atoms with E-state index in [-0.39, 0.29) is 0 Å². The monoisotopic (exact) mass is 410 g/mol. The van der Waals surface area contributed by atoms with Gasteiger partial charge in [-0.2, -0.15) is 4.68 Å². The molecule has 0 aliphatic heterocycles. The number of nitrogens with zero attached hydrogens (tertiary/aromatic N) is 2. The molecule has 0 aliphatic rings. The van der Waals surface area contributed by atoms with Crippen molar-refractivity contribution in [3.05, 3.63) is 82.2 Å². The van der Waals surface area contributed by atoms with Gasteiger partial charge in [-0.15, -0.1) is 5.10 Å². The molecule has 30 heavy (non-hydrogen) atoms. The van der Waals surface area contributed by atoms with E-state index in [0.29, 0.717) is 24.6 Å². The normalized spacial score (nSPS) is 11.4. The lowest BCUT2D eigenvalue weighted by Crippen LogP contribution is -2.37. The maximum Gasteiger partial charge on any atom is 0.437 e. The number of rotatable bonds is 10. The third-order valence-electron chi connectivity index (χ3n) is 4.77. The van der Waals surface area contributed by atoms with Gasteiger partial charge in [-0.1, -0.05) is 42.5 Å². The van der Waals surface area contributed by atoms with Gasteiger partial charge in [0.1, 0.15) is 5.75 Å². The topological polar surface area (TPSA) is 94.6 Å². The van der Waals surface area contributed by atoms with E-state index in [0.717, 1.165) is 30.4 Å². The van der Waals surface area contributed by atoms with E-state index >= 15 is 0 Å². The number of aryl methyl sites for hydroxylation is 4. The summed E-state index contributed by atoms with van der Waals surface area (Å²) in [6.45, 7) is 3.51. The third-order valence-corrected chi connectivity index (χ3v) is 4.77. The molecule has 2 aromatic carbocycles. The van der Waals surface area contributed by atoms with Crippen LogP contribution in [-0.4, -0.2) is 26.5 Å². The molecule has 7 heteroatoms. The molecule has 0 saturated carbocycles. The molecule has 0 unspecified atom stereocenters. The molecule has 7 nitrogen and oxygen atoms in total. The van der Waals surface area contributed by atoms with Gasteiger partial charge in [0.2, 0.25) is 5.89 Å². The number of ether oxygens (including phenoxy) is 1. The van der Waals surface area contributed by atoms with Crippen molar-refractivity contribution in [2.75, 3.05) is 0 Å². The second kappa shape index (κ2) is 9.43. The van der Waals surface area contributed by atoms with Gasteiger partial charge in [-0.25, -0.2) is 9.59 Å². The van der Waals surface area contributed by atoms with Crippen LogP contribution in [0.15, 0.2) is 63.8 Å². The van der Waals surface area contributed by atoms with E-state index in [1.807, 2.05) is 42.5 Å². The Morgan fingerprint density at radius 3 is 2.37 bits per heavy atom. The van der Waals surface area contributed by atoms with Gasteiger partial charge < -0.3 is 14.3 Å². The van der Waals surface area contributed by atoms with Crippen molar-refractivity contribution in [1.29, 1.82) is 0 Å². The zero-order chi connectivity index (χ0) is 21.6.